The second-order valence-corrected chi connectivity index (χ2v) is 10.8. The van der Waals surface area contributed by atoms with Crippen LogP contribution in [0.15, 0.2) is 87.6 Å². The molecule has 0 unspecified atom stereocenters. The molecule has 0 amide bonds. The van der Waals surface area contributed by atoms with Crippen LogP contribution in [0.25, 0.3) is 11.1 Å². The third-order valence-corrected chi connectivity index (χ3v) is 7.58. The maximum absolute atomic E-state index is 13.5. The molecule has 2 aromatic carbocycles. The Morgan fingerprint density at radius 3 is 2.33 bits per heavy atom. The highest BCUT2D eigenvalue weighted by atomic mass is 32.2. The normalized spacial score (nSPS) is 11.7. The van der Waals surface area contributed by atoms with E-state index < -0.39 is 32.0 Å². The minimum absolute atomic E-state index is 0.119. The van der Waals surface area contributed by atoms with Gasteiger partial charge in [-0.1, -0.05) is 56.3 Å². The molecule has 1 N–H and O–H groups in total. The zero-order valence-corrected chi connectivity index (χ0v) is 20.7. The highest BCUT2D eigenvalue weighted by Crippen LogP contribution is 2.28. The number of rotatable bonds is 8. The van der Waals surface area contributed by atoms with E-state index >= 15 is 0 Å². The SMILES string of the molecule is CC(C)CCc1nc(O)c(S(=O)(=O)c2ccc(-c3cncc(F)c3)cc2)c(=O)n1Cc1ccccc1. The average Bonchev–Trinajstić information content (AvgIpc) is 2.85. The van der Waals surface area contributed by atoms with Crippen LogP contribution in [0.5, 0.6) is 5.88 Å². The van der Waals surface area contributed by atoms with Crippen molar-refractivity contribution in [2.75, 3.05) is 0 Å². The van der Waals surface area contributed by atoms with E-state index in [0.29, 0.717) is 35.7 Å². The minimum atomic E-state index is -4.41. The average molecular weight is 508 g/mol. The van der Waals surface area contributed by atoms with E-state index in [1.54, 1.807) is 0 Å². The molecule has 0 saturated heterocycles. The van der Waals surface area contributed by atoms with Gasteiger partial charge in [-0.05, 0) is 41.7 Å². The maximum Gasteiger partial charge on any atom is 0.277 e. The van der Waals surface area contributed by atoms with Crippen LogP contribution in [-0.4, -0.2) is 28.1 Å². The molecule has 0 spiro atoms. The Bertz CT molecular complexity index is 1530. The molecule has 4 aromatic rings. The lowest BCUT2D eigenvalue weighted by molar-refractivity contribution is 0.417. The largest absolute Gasteiger partial charge is 0.492 e. The Morgan fingerprint density at radius 2 is 1.69 bits per heavy atom. The van der Waals surface area contributed by atoms with Gasteiger partial charge < -0.3 is 5.11 Å². The fourth-order valence-corrected chi connectivity index (χ4v) is 5.21. The van der Waals surface area contributed by atoms with E-state index in [0.717, 1.165) is 11.8 Å². The Balaban J connectivity index is 1.79. The summed E-state index contributed by atoms with van der Waals surface area (Å²) in [5, 5.41) is 10.6. The molecule has 7 nitrogen and oxygen atoms in total. The molecular formula is C27H26FN3O4S. The van der Waals surface area contributed by atoms with E-state index in [9.17, 15) is 22.7 Å². The Labute approximate surface area is 208 Å². The highest BCUT2D eigenvalue weighted by Gasteiger charge is 2.29. The fourth-order valence-electron chi connectivity index (χ4n) is 3.86. The van der Waals surface area contributed by atoms with Gasteiger partial charge in [0.05, 0.1) is 17.6 Å². The second kappa shape index (κ2) is 10.4. The molecule has 0 atom stereocenters. The Hall–Kier alpha value is -3.85. The zero-order valence-electron chi connectivity index (χ0n) is 19.9. The molecule has 0 aliphatic carbocycles. The molecular weight excluding hydrogens is 481 g/mol. The van der Waals surface area contributed by atoms with E-state index in [-0.39, 0.29) is 11.4 Å². The molecule has 36 heavy (non-hydrogen) atoms. The highest BCUT2D eigenvalue weighted by molar-refractivity contribution is 7.91. The summed E-state index contributed by atoms with van der Waals surface area (Å²) in [5.41, 5.74) is 0.995. The van der Waals surface area contributed by atoms with Crippen molar-refractivity contribution in [3.63, 3.8) is 0 Å². The summed E-state index contributed by atoms with van der Waals surface area (Å²) in [5.74, 6) is -0.689. The van der Waals surface area contributed by atoms with Gasteiger partial charge in [0.25, 0.3) is 5.56 Å². The quantitative estimate of drug-likeness (QED) is 0.373. The standard InChI is InChI=1S/C27H26FN3O4S/c1-18(2)8-13-24-30-26(32)25(27(33)31(24)17-19-6-4-3-5-7-19)36(34,35)23-11-9-20(10-12-23)21-14-22(28)16-29-15-21/h3-7,9-12,14-16,18,32H,8,13,17H2,1-2H3. The number of sulfone groups is 1. The van der Waals surface area contributed by atoms with Gasteiger partial charge in [-0.15, -0.1) is 0 Å². The van der Waals surface area contributed by atoms with Crippen molar-refractivity contribution in [2.24, 2.45) is 5.92 Å². The van der Waals surface area contributed by atoms with Crippen LogP contribution in [0.4, 0.5) is 4.39 Å². The molecule has 0 saturated carbocycles. The Kier molecular flexibility index (Phi) is 7.30. The van der Waals surface area contributed by atoms with Crippen molar-refractivity contribution in [2.45, 2.75) is 43.0 Å². The smallest absolute Gasteiger partial charge is 0.277 e. The predicted octanol–water partition coefficient (Wildman–Crippen LogP) is 4.62. The van der Waals surface area contributed by atoms with Crippen LogP contribution in [0.2, 0.25) is 0 Å². The van der Waals surface area contributed by atoms with Gasteiger partial charge >= 0.3 is 0 Å². The molecule has 2 heterocycles. The second-order valence-electron chi connectivity index (χ2n) is 8.91. The summed E-state index contributed by atoms with van der Waals surface area (Å²) in [7, 11) is -4.41. The molecule has 0 aliphatic heterocycles. The molecule has 2 aromatic heterocycles. The van der Waals surface area contributed by atoms with E-state index in [1.165, 1.54) is 41.1 Å². The van der Waals surface area contributed by atoms with Gasteiger partial charge in [-0.2, -0.15) is 4.98 Å². The van der Waals surface area contributed by atoms with Crippen LogP contribution in [0, 0.1) is 11.7 Å². The number of hydrogen-bond donors (Lipinski definition) is 1. The van der Waals surface area contributed by atoms with E-state index in [2.05, 4.69) is 9.97 Å². The predicted molar refractivity (Wildman–Crippen MR) is 134 cm³/mol. The van der Waals surface area contributed by atoms with Crippen molar-refractivity contribution in [1.82, 2.24) is 14.5 Å². The number of hydrogen-bond acceptors (Lipinski definition) is 6. The lowest BCUT2D eigenvalue weighted by Crippen LogP contribution is -2.30. The molecule has 186 valence electrons. The fraction of sp³-hybridized carbons (Fsp3) is 0.222. The Morgan fingerprint density at radius 1 is 1.00 bits per heavy atom. The zero-order chi connectivity index (χ0) is 25.9. The first-order valence-electron chi connectivity index (χ1n) is 11.5. The van der Waals surface area contributed by atoms with Crippen molar-refractivity contribution in [1.29, 1.82) is 0 Å². The summed E-state index contributed by atoms with van der Waals surface area (Å²) in [4.78, 5) is 20.5. The number of aromatic hydroxyl groups is 1. The molecule has 9 heteroatoms. The van der Waals surface area contributed by atoms with Crippen LogP contribution >= 0.6 is 0 Å². The van der Waals surface area contributed by atoms with Crippen molar-refractivity contribution < 1.29 is 17.9 Å². The number of pyridine rings is 1. The molecule has 0 bridgehead atoms. The van der Waals surface area contributed by atoms with Crippen molar-refractivity contribution in [3.05, 3.63) is 101 Å². The van der Waals surface area contributed by atoms with Crippen LogP contribution in [0.3, 0.4) is 0 Å². The first-order chi connectivity index (χ1) is 17.2. The van der Waals surface area contributed by atoms with Crippen LogP contribution in [0.1, 0.15) is 31.7 Å². The van der Waals surface area contributed by atoms with Crippen molar-refractivity contribution in [3.8, 4) is 17.0 Å². The molecule has 0 fully saturated rings. The van der Waals surface area contributed by atoms with E-state index in [1.807, 2.05) is 44.2 Å². The number of nitrogens with zero attached hydrogens (tertiary/aromatic N) is 3. The number of halogens is 1. The first-order valence-corrected chi connectivity index (χ1v) is 13.0. The first kappa shape index (κ1) is 25.2. The van der Waals surface area contributed by atoms with Gasteiger partial charge in [0.2, 0.25) is 15.7 Å². The van der Waals surface area contributed by atoms with Gasteiger partial charge in [-0.25, -0.2) is 12.8 Å². The van der Waals surface area contributed by atoms with E-state index in [4.69, 9.17) is 0 Å². The summed E-state index contributed by atoms with van der Waals surface area (Å²) >= 11 is 0. The van der Waals surface area contributed by atoms with Gasteiger partial charge in [0.15, 0.2) is 4.90 Å². The third-order valence-electron chi connectivity index (χ3n) is 5.79. The van der Waals surface area contributed by atoms with Crippen molar-refractivity contribution >= 4 is 9.84 Å². The minimum Gasteiger partial charge on any atom is -0.492 e. The summed E-state index contributed by atoms with van der Waals surface area (Å²) < 4.78 is 41.8. The van der Waals surface area contributed by atoms with Gasteiger partial charge in [-0.3, -0.25) is 14.3 Å². The number of aryl methyl sites for hydroxylation is 1. The topological polar surface area (TPSA) is 102 Å². The summed E-state index contributed by atoms with van der Waals surface area (Å²) in [6.45, 7) is 4.18. The third kappa shape index (κ3) is 5.36. The van der Waals surface area contributed by atoms with Gasteiger partial charge in [0.1, 0.15) is 11.6 Å². The number of benzene rings is 2. The lowest BCUT2D eigenvalue weighted by Gasteiger charge is -2.16. The number of aromatic nitrogens is 3. The molecule has 0 aliphatic rings. The van der Waals surface area contributed by atoms with Crippen LogP contribution in [-0.2, 0) is 22.8 Å². The van der Waals surface area contributed by atoms with Gasteiger partial charge in [0, 0.05) is 18.2 Å². The lowest BCUT2D eigenvalue weighted by atomic mass is 10.1. The monoisotopic (exact) mass is 507 g/mol. The maximum atomic E-state index is 13.5. The summed E-state index contributed by atoms with van der Waals surface area (Å²) in [6.07, 6.45) is 3.65. The summed E-state index contributed by atoms with van der Waals surface area (Å²) in [6, 6.07) is 16.1. The molecule has 4 rings (SSSR count). The van der Waals surface area contributed by atoms with Crippen LogP contribution < -0.4 is 5.56 Å². The molecule has 0 radical (unpaired) electrons.